The number of rotatable bonds is 2. The molecular formula is C16H12FNO2. The van der Waals surface area contributed by atoms with Gasteiger partial charge in [0.25, 0.3) is 0 Å². The number of nitrogens with zero attached hydrogens (tertiary/aromatic N) is 1. The molecule has 1 heterocycles. The molecule has 0 N–H and O–H groups in total. The van der Waals surface area contributed by atoms with Crippen molar-refractivity contribution in [2.75, 3.05) is 0 Å². The number of fused-ring (bicyclic) bond motifs is 1. The maximum absolute atomic E-state index is 12.9. The summed E-state index contributed by atoms with van der Waals surface area (Å²) < 4.78 is 17.9. The van der Waals surface area contributed by atoms with Gasteiger partial charge in [-0.15, -0.1) is 0 Å². The third kappa shape index (κ3) is 2.20. The molecule has 0 unspecified atom stereocenters. The minimum Gasteiger partial charge on any atom is -0.457 e. The highest BCUT2D eigenvalue weighted by Gasteiger charge is 2.23. The molecule has 0 fully saturated rings. The smallest absolute Gasteiger partial charge is 0.338 e. The Labute approximate surface area is 115 Å². The first kappa shape index (κ1) is 12.5. The summed E-state index contributed by atoms with van der Waals surface area (Å²) in [6, 6.07) is 11.5. The Kier molecular flexibility index (Phi) is 3.06. The molecule has 0 radical (unpaired) electrons. The molecule has 0 spiro atoms. The van der Waals surface area contributed by atoms with E-state index in [1.165, 1.54) is 12.1 Å². The molecule has 3 rings (SSSR count). The van der Waals surface area contributed by atoms with E-state index in [2.05, 4.69) is 4.99 Å². The largest absolute Gasteiger partial charge is 0.457 e. The summed E-state index contributed by atoms with van der Waals surface area (Å²) in [5.74, 6) is -0.586. The molecule has 20 heavy (non-hydrogen) atoms. The Morgan fingerprint density at radius 3 is 2.70 bits per heavy atom. The first-order valence-electron chi connectivity index (χ1n) is 6.25. The second kappa shape index (κ2) is 4.89. The van der Waals surface area contributed by atoms with E-state index in [0.29, 0.717) is 5.56 Å². The van der Waals surface area contributed by atoms with Crippen LogP contribution < -0.4 is 0 Å². The number of hydrogen-bond donors (Lipinski definition) is 0. The van der Waals surface area contributed by atoms with Crippen LogP contribution in [-0.4, -0.2) is 11.7 Å². The number of cyclic esters (lactones) is 1. The standard InChI is InChI=1S/C16H12FNO2/c1-10(11-5-7-12(17)8-6-11)18-15-4-2-3-13-14(15)9-20-16(13)19/h2-8H,9H2,1H3/b18-10-. The predicted molar refractivity (Wildman–Crippen MR) is 73.8 cm³/mol. The van der Waals surface area contributed by atoms with Gasteiger partial charge in [0.2, 0.25) is 0 Å². The van der Waals surface area contributed by atoms with Crippen LogP contribution in [0.15, 0.2) is 47.5 Å². The number of hydrogen-bond acceptors (Lipinski definition) is 3. The molecule has 0 atom stereocenters. The van der Waals surface area contributed by atoms with E-state index in [9.17, 15) is 9.18 Å². The lowest BCUT2D eigenvalue weighted by Gasteiger charge is -2.04. The second-order valence-corrected chi connectivity index (χ2v) is 4.58. The molecule has 1 aliphatic rings. The fourth-order valence-corrected chi connectivity index (χ4v) is 2.17. The fraction of sp³-hybridized carbons (Fsp3) is 0.125. The highest BCUT2D eigenvalue weighted by molar-refractivity contribution is 6.01. The van der Waals surface area contributed by atoms with Gasteiger partial charge in [0.05, 0.1) is 11.3 Å². The first-order valence-corrected chi connectivity index (χ1v) is 6.25. The topological polar surface area (TPSA) is 38.7 Å². The van der Waals surface area contributed by atoms with Crippen molar-refractivity contribution in [1.29, 1.82) is 0 Å². The van der Waals surface area contributed by atoms with Crippen molar-refractivity contribution in [3.05, 3.63) is 65.0 Å². The van der Waals surface area contributed by atoms with Gasteiger partial charge in [0.1, 0.15) is 12.4 Å². The molecule has 100 valence electrons. The Bertz CT molecular complexity index is 705. The minimum absolute atomic E-state index is 0.255. The molecule has 1 aliphatic heterocycles. The van der Waals surface area contributed by atoms with Crippen molar-refractivity contribution in [3.63, 3.8) is 0 Å². The van der Waals surface area contributed by atoms with Gasteiger partial charge in [-0.3, -0.25) is 4.99 Å². The maximum Gasteiger partial charge on any atom is 0.338 e. The lowest BCUT2D eigenvalue weighted by atomic mass is 10.1. The van der Waals surface area contributed by atoms with E-state index in [1.54, 1.807) is 24.3 Å². The zero-order valence-corrected chi connectivity index (χ0v) is 10.9. The Morgan fingerprint density at radius 1 is 1.20 bits per heavy atom. The molecule has 0 aliphatic carbocycles. The van der Waals surface area contributed by atoms with Crippen LogP contribution in [0.25, 0.3) is 0 Å². The van der Waals surface area contributed by atoms with Gasteiger partial charge in [0, 0.05) is 11.3 Å². The molecule has 0 saturated carbocycles. The van der Waals surface area contributed by atoms with Crippen LogP contribution in [0.1, 0.15) is 28.4 Å². The van der Waals surface area contributed by atoms with Gasteiger partial charge < -0.3 is 4.74 Å². The lowest BCUT2D eigenvalue weighted by Crippen LogP contribution is -1.95. The number of carbonyl (C=O) groups is 1. The number of carbonyl (C=O) groups excluding carboxylic acids is 1. The molecule has 3 nitrogen and oxygen atoms in total. The van der Waals surface area contributed by atoms with Gasteiger partial charge in [-0.05, 0) is 36.8 Å². The Hall–Kier alpha value is -2.49. The van der Waals surface area contributed by atoms with Gasteiger partial charge in [-0.25, -0.2) is 9.18 Å². The molecule has 2 aromatic rings. The van der Waals surface area contributed by atoms with Crippen molar-refractivity contribution in [2.24, 2.45) is 4.99 Å². The SMILES string of the molecule is C/C(=N/c1cccc2c1COC2=O)c1ccc(F)cc1. The highest BCUT2D eigenvalue weighted by Crippen LogP contribution is 2.29. The maximum atomic E-state index is 12.9. The van der Waals surface area contributed by atoms with E-state index in [1.807, 2.05) is 13.0 Å². The van der Waals surface area contributed by atoms with Gasteiger partial charge in [0.15, 0.2) is 0 Å². The van der Waals surface area contributed by atoms with E-state index in [4.69, 9.17) is 4.74 Å². The molecule has 0 aromatic heterocycles. The molecule has 4 heteroatoms. The Balaban J connectivity index is 2.00. The Morgan fingerprint density at radius 2 is 1.95 bits per heavy atom. The number of aliphatic imine (C=N–C) groups is 1. The fourth-order valence-electron chi connectivity index (χ4n) is 2.17. The molecule has 0 bridgehead atoms. The van der Waals surface area contributed by atoms with Crippen molar-refractivity contribution in [3.8, 4) is 0 Å². The van der Waals surface area contributed by atoms with Crippen molar-refractivity contribution >= 4 is 17.4 Å². The van der Waals surface area contributed by atoms with E-state index in [0.717, 1.165) is 22.5 Å². The van der Waals surface area contributed by atoms with Crippen LogP contribution in [-0.2, 0) is 11.3 Å². The third-order valence-electron chi connectivity index (χ3n) is 3.27. The van der Waals surface area contributed by atoms with E-state index in [-0.39, 0.29) is 18.4 Å². The van der Waals surface area contributed by atoms with Crippen LogP contribution in [0.5, 0.6) is 0 Å². The average molecular weight is 269 g/mol. The summed E-state index contributed by atoms with van der Waals surface area (Å²) in [4.78, 5) is 16.0. The van der Waals surface area contributed by atoms with Crippen LogP contribution >= 0.6 is 0 Å². The summed E-state index contributed by atoms with van der Waals surface area (Å²) >= 11 is 0. The molecular weight excluding hydrogens is 257 g/mol. The highest BCUT2D eigenvalue weighted by atomic mass is 19.1. The third-order valence-corrected chi connectivity index (χ3v) is 3.27. The number of ether oxygens (including phenoxy) is 1. The van der Waals surface area contributed by atoms with Crippen molar-refractivity contribution in [1.82, 2.24) is 0 Å². The predicted octanol–water partition coefficient (Wildman–Crippen LogP) is 3.64. The van der Waals surface area contributed by atoms with Gasteiger partial charge in [-0.2, -0.15) is 0 Å². The summed E-state index contributed by atoms with van der Waals surface area (Å²) in [5, 5.41) is 0. The molecule has 0 saturated heterocycles. The van der Waals surface area contributed by atoms with Crippen molar-refractivity contribution < 1.29 is 13.9 Å². The summed E-state index contributed by atoms with van der Waals surface area (Å²) in [7, 11) is 0. The van der Waals surface area contributed by atoms with Crippen molar-refractivity contribution in [2.45, 2.75) is 13.5 Å². The number of halogens is 1. The number of esters is 1. The normalized spacial score (nSPS) is 14.1. The van der Waals surface area contributed by atoms with Gasteiger partial charge in [-0.1, -0.05) is 18.2 Å². The number of benzene rings is 2. The van der Waals surface area contributed by atoms with Crippen LogP contribution in [0.3, 0.4) is 0 Å². The molecule has 0 amide bonds. The molecule has 2 aromatic carbocycles. The zero-order chi connectivity index (χ0) is 14.1. The van der Waals surface area contributed by atoms with Crippen LogP contribution in [0.4, 0.5) is 10.1 Å². The minimum atomic E-state index is -0.309. The van der Waals surface area contributed by atoms with Crippen LogP contribution in [0, 0.1) is 5.82 Å². The second-order valence-electron chi connectivity index (χ2n) is 4.58. The monoisotopic (exact) mass is 269 g/mol. The summed E-state index contributed by atoms with van der Waals surface area (Å²) in [6.07, 6.45) is 0. The lowest BCUT2D eigenvalue weighted by molar-refractivity contribution is 0.0535. The van der Waals surface area contributed by atoms with Crippen LogP contribution in [0.2, 0.25) is 0 Å². The first-order chi connectivity index (χ1) is 9.65. The van der Waals surface area contributed by atoms with Gasteiger partial charge >= 0.3 is 5.97 Å². The zero-order valence-electron chi connectivity index (χ0n) is 10.9. The average Bonchev–Trinajstić information content (AvgIpc) is 2.82. The quantitative estimate of drug-likeness (QED) is 0.616. The van der Waals surface area contributed by atoms with E-state index < -0.39 is 0 Å². The summed E-state index contributed by atoms with van der Waals surface area (Å²) in [6.45, 7) is 2.11. The summed E-state index contributed by atoms with van der Waals surface area (Å²) in [5.41, 5.74) is 3.69. The van der Waals surface area contributed by atoms with E-state index >= 15 is 0 Å².